The van der Waals surface area contributed by atoms with E-state index < -0.39 is 48.6 Å². The van der Waals surface area contributed by atoms with E-state index in [9.17, 15) is 32.7 Å². The molecule has 2 aliphatic heterocycles. The minimum absolute atomic E-state index is 0.0336. The topological polar surface area (TPSA) is 81.2 Å². The molecule has 1 aliphatic carbocycles. The summed E-state index contributed by atoms with van der Waals surface area (Å²) in [5.41, 5.74) is 0.574. The molecule has 35 heavy (non-hydrogen) atoms. The number of carbonyl (C=O) groups is 3. The number of likely N-dealkylation sites (tertiary alicyclic amines) is 2. The van der Waals surface area contributed by atoms with Crippen molar-refractivity contribution in [3.8, 4) is 0 Å². The minimum atomic E-state index is -2.76. The molecular formula is C24H29ClF3N3O4. The smallest absolute Gasteiger partial charge is 0.407 e. The second-order valence-electron chi connectivity index (χ2n) is 9.72. The summed E-state index contributed by atoms with van der Waals surface area (Å²) in [5.74, 6) is -5.16. The Labute approximate surface area is 206 Å². The number of carbonyl (C=O) groups excluding carboxylic acids is 2. The van der Waals surface area contributed by atoms with Crippen molar-refractivity contribution in [2.45, 2.75) is 50.5 Å². The maximum Gasteiger partial charge on any atom is 0.407 e. The van der Waals surface area contributed by atoms with Crippen LogP contribution in [0.25, 0.3) is 0 Å². The normalized spacial score (nSPS) is 24.8. The first-order valence-electron chi connectivity index (χ1n) is 11.9. The Bertz CT molecular complexity index is 994. The van der Waals surface area contributed by atoms with E-state index in [2.05, 4.69) is 0 Å². The maximum absolute atomic E-state index is 14.2. The van der Waals surface area contributed by atoms with Gasteiger partial charge in [-0.3, -0.25) is 9.59 Å². The quantitative estimate of drug-likeness (QED) is 0.641. The zero-order valence-electron chi connectivity index (χ0n) is 19.4. The highest BCUT2D eigenvalue weighted by Crippen LogP contribution is 2.43. The van der Waals surface area contributed by atoms with Gasteiger partial charge in [0.1, 0.15) is 5.82 Å². The lowest BCUT2D eigenvalue weighted by Gasteiger charge is -2.40. The molecule has 11 heteroatoms. The molecule has 0 unspecified atom stereocenters. The number of carboxylic acid groups (broad SMARTS) is 1. The van der Waals surface area contributed by atoms with E-state index in [1.807, 2.05) is 0 Å². The van der Waals surface area contributed by atoms with Crippen LogP contribution < -0.4 is 0 Å². The van der Waals surface area contributed by atoms with Gasteiger partial charge in [0.05, 0.1) is 11.1 Å². The molecule has 1 saturated carbocycles. The van der Waals surface area contributed by atoms with Crippen LogP contribution in [0, 0.1) is 17.7 Å². The predicted molar refractivity (Wildman–Crippen MR) is 122 cm³/mol. The monoisotopic (exact) mass is 515 g/mol. The zero-order chi connectivity index (χ0) is 25.5. The van der Waals surface area contributed by atoms with E-state index in [4.69, 9.17) is 11.6 Å². The van der Waals surface area contributed by atoms with Crippen LogP contribution in [0.5, 0.6) is 0 Å². The molecule has 3 fully saturated rings. The first kappa shape index (κ1) is 25.6. The summed E-state index contributed by atoms with van der Waals surface area (Å²) >= 11 is 5.82. The summed E-state index contributed by atoms with van der Waals surface area (Å²) < 4.78 is 40.4. The van der Waals surface area contributed by atoms with Gasteiger partial charge in [-0.15, -0.1) is 0 Å². The lowest BCUT2D eigenvalue weighted by molar-refractivity contribution is -0.161. The molecule has 3 amide bonds. The molecule has 192 valence electrons. The molecular weight excluding hydrogens is 487 g/mol. The third kappa shape index (κ3) is 5.22. The van der Waals surface area contributed by atoms with Crippen molar-refractivity contribution >= 4 is 29.5 Å². The van der Waals surface area contributed by atoms with Crippen molar-refractivity contribution in [3.63, 3.8) is 0 Å². The fourth-order valence-electron chi connectivity index (χ4n) is 5.56. The van der Waals surface area contributed by atoms with E-state index in [1.165, 1.54) is 17.0 Å². The van der Waals surface area contributed by atoms with Crippen molar-refractivity contribution in [2.75, 3.05) is 32.7 Å². The largest absolute Gasteiger partial charge is 0.465 e. The van der Waals surface area contributed by atoms with Crippen LogP contribution in [0.1, 0.15) is 44.1 Å². The molecule has 1 aromatic carbocycles. The van der Waals surface area contributed by atoms with Crippen molar-refractivity contribution in [1.82, 2.24) is 14.7 Å². The molecule has 1 aromatic rings. The van der Waals surface area contributed by atoms with Gasteiger partial charge in [0.25, 0.3) is 0 Å². The maximum atomic E-state index is 14.2. The van der Waals surface area contributed by atoms with Crippen molar-refractivity contribution in [2.24, 2.45) is 11.8 Å². The average molecular weight is 516 g/mol. The molecule has 3 aliphatic rings. The predicted octanol–water partition coefficient (Wildman–Crippen LogP) is 4.06. The van der Waals surface area contributed by atoms with Gasteiger partial charge < -0.3 is 19.8 Å². The molecule has 0 spiro atoms. The number of likely N-dealkylation sites (N-methyl/N-ethyl adjacent to an activating group) is 1. The number of benzene rings is 1. The molecule has 2 saturated heterocycles. The highest BCUT2D eigenvalue weighted by molar-refractivity contribution is 6.30. The molecule has 7 nitrogen and oxygen atoms in total. The lowest BCUT2D eigenvalue weighted by Crippen LogP contribution is -2.50. The molecule has 1 N–H and O–H groups in total. The van der Waals surface area contributed by atoms with E-state index in [0.29, 0.717) is 31.5 Å². The van der Waals surface area contributed by atoms with E-state index in [1.54, 1.807) is 22.8 Å². The fourth-order valence-corrected chi connectivity index (χ4v) is 5.68. The Balaban J connectivity index is 1.42. The third-order valence-electron chi connectivity index (χ3n) is 7.55. The van der Waals surface area contributed by atoms with Crippen LogP contribution in [0.2, 0.25) is 5.02 Å². The SMILES string of the molecule is CCN(C(=O)O)[C@@H]1CN(C(=O)C2CCN(C(=O)C3CC(F)(F)C3)CC2)C[C@H]1c1ccc(Cl)c(F)c1. The van der Waals surface area contributed by atoms with Gasteiger partial charge in [-0.2, -0.15) is 0 Å². The number of hydrogen-bond acceptors (Lipinski definition) is 3. The van der Waals surface area contributed by atoms with Crippen molar-refractivity contribution in [1.29, 1.82) is 0 Å². The number of hydrogen-bond donors (Lipinski definition) is 1. The van der Waals surface area contributed by atoms with Crippen molar-refractivity contribution in [3.05, 3.63) is 34.6 Å². The number of nitrogens with zero attached hydrogens (tertiary/aromatic N) is 3. The highest BCUT2D eigenvalue weighted by Gasteiger charge is 2.50. The van der Waals surface area contributed by atoms with Gasteiger partial charge in [0.2, 0.25) is 17.7 Å². The van der Waals surface area contributed by atoms with Gasteiger partial charge in [-0.05, 0) is 37.5 Å². The molecule has 0 radical (unpaired) electrons. The summed E-state index contributed by atoms with van der Waals surface area (Å²) in [7, 11) is 0. The second kappa shape index (κ2) is 9.87. The fraction of sp³-hybridized carbons (Fsp3) is 0.625. The molecule has 0 bridgehead atoms. The van der Waals surface area contributed by atoms with Gasteiger partial charge in [-0.1, -0.05) is 17.7 Å². The average Bonchev–Trinajstić information content (AvgIpc) is 3.23. The van der Waals surface area contributed by atoms with E-state index in [-0.39, 0.29) is 42.4 Å². The molecule has 0 aromatic heterocycles. The van der Waals surface area contributed by atoms with Crippen LogP contribution in [0.15, 0.2) is 18.2 Å². The summed E-state index contributed by atoms with van der Waals surface area (Å²) in [6.45, 7) is 3.01. The number of piperidine rings is 1. The van der Waals surface area contributed by atoms with Crippen LogP contribution >= 0.6 is 11.6 Å². The van der Waals surface area contributed by atoms with Gasteiger partial charge in [0.15, 0.2) is 0 Å². The van der Waals surface area contributed by atoms with Gasteiger partial charge in [0, 0.05) is 63.3 Å². The first-order chi connectivity index (χ1) is 16.5. The number of amides is 3. The lowest BCUT2D eigenvalue weighted by atomic mass is 9.80. The summed E-state index contributed by atoms with van der Waals surface area (Å²) in [6, 6.07) is 3.83. The number of rotatable bonds is 5. The summed E-state index contributed by atoms with van der Waals surface area (Å²) in [6.07, 6.45) is -1.09. The van der Waals surface area contributed by atoms with Crippen LogP contribution in [0.3, 0.4) is 0 Å². The van der Waals surface area contributed by atoms with Gasteiger partial charge in [-0.25, -0.2) is 18.0 Å². The zero-order valence-corrected chi connectivity index (χ0v) is 20.2. The first-order valence-corrected chi connectivity index (χ1v) is 12.3. The second-order valence-corrected chi connectivity index (χ2v) is 10.1. The van der Waals surface area contributed by atoms with Crippen LogP contribution in [-0.4, -0.2) is 82.4 Å². The van der Waals surface area contributed by atoms with Crippen LogP contribution in [-0.2, 0) is 9.59 Å². The summed E-state index contributed by atoms with van der Waals surface area (Å²) in [5, 5.41) is 9.66. The standard InChI is InChI=1S/C24H29ClF3N3O4/c1-2-31(23(34)35)20-13-30(12-17(20)15-3-4-18(25)19(26)9-15)21(32)14-5-7-29(8-6-14)22(33)16-10-24(27,28)11-16/h3-4,9,14,16-17,20H,2,5-8,10-13H2,1H3,(H,34,35)/t17-,20+/m0/s1. The Morgan fingerprint density at radius 1 is 1.09 bits per heavy atom. The van der Waals surface area contributed by atoms with E-state index in [0.717, 1.165) is 0 Å². The van der Waals surface area contributed by atoms with Crippen LogP contribution in [0.4, 0.5) is 18.0 Å². The summed E-state index contributed by atoms with van der Waals surface area (Å²) in [4.78, 5) is 42.1. The minimum Gasteiger partial charge on any atom is -0.465 e. The number of alkyl halides is 2. The third-order valence-corrected chi connectivity index (χ3v) is 7.86. The van der Waals surface area contributed by atoms with Crippen molar-refractivity contribution < 1.29 is 32.7 Å². The number of halogens is 4. The Kier molecular flexibility index (Phi) is 7.22. The highest BCUT2D eigenvalue weighted by atomic mass is 35.5. The van der Waals surface area contributed by atoms with E-state index >= 15 is 0 Å². The Morgan fingerprint density at radius 2 is 1.71 bits per heavy atom. The molecule has 4 rings (SSSR count). The molecule has 2 heterocycles. The Morgan fingerprint density at radius 3 is 2.26 bits per heavy atom. The molecule has 2 atom stereocenters. The Hall–Kier alpha value is -2.49. The van der Waals surface area contributed by atoms with Gasteiger partial charge >= 0.3 is 6.09 Å².